The highest BCUT2D eigenvalue weighted by molar-refractivity contribution is 5.85. The van der Waals surface area contributed by atoms with E-state index < -0.39 is 0 Å². The van der Waals surface area contributed by atoms with Crippen LogP contribution in [-0.2, 0) is 13.0 Å². The predicted molar refractivity (Wildman–Crippen MR) is 104 cm³/mol. The molecule has 0 aliphatic carbocycles. The van der Waals surface area contributed by atoms with Crippen molar-refractivity contribution in [3.63, 3.8) is 0 Å². The summed E-state index contributed by atoms with van der Waals surface area (Å²) in [7, 11) is 6.51. The van der Waals surface area contributed by atoms with Crippen molar-refractivity contribution in [2.75, 3.05) is 28.4 Å². The summed E-state index contributed by atoms with van der Waals surface area (Å²) in [6.45, 7) is 2.57. The standard InChI is InChI=1S/C10H14O2.C9H13NO2.ClH/c1-4-8-5-6-9(11-2)10(7-8)12-3;1-11-8-5-3-4-7(6-10)9(8)12-2;/h5-7H,4H2,1-3H3;3-5H,6,10H2,1-2H3;1H. The van der Waals surface area contributed by atoms with Gasteiger partial charge in [-0.15, -0.1) is 12.4 Å². The average molecular weight is 370 g/mol. The summed E-state index contributed by atoms with van der Waals surface area (Å²) in [4.78, 5) is 0. The van der Waals surface area contributed by atoms with Crippen LogP contribution in [0, 0.1) is 0 Å². The fraction of sp³-hybridized carbons (Fsp3) is 0.368. The Balaban J connectivity index is 0.000000443. The van der Waals surface area contributed by atoms with E-state index in [4.69, 9.17) is 24.7 Å². The Hall–Kier alpha value is -2.11. The summed E-state index contributed by atoms with van der Waals surface area (Å²) < 4.78 is 20.5. The van der Waals surface area contributed by atoms with E-state index in [2.05, 4.69) is 6.92 Å². The number of benzene rings is 2. The summed E-state index contributed by atoms with van der Waals surface area (Å²) in [5.74, 6) is 3.04. The average Bonchev–Trinajstić information content (AvgIpc) is 2.66. The zero-order chi connectivity index (χ0) is 17.9. The van der Waals surface area contributed by atoms with Gasteiger partial charge in [-0.2, -0.15) is 0 Å². The zero-order valence-electron chi connectivity index (χ0n) is 15.5. The molecule has 0 bridgehead atoms. The van der Waals surface area contributed by atoms with Crippen molar-refractivity contribution >= 4 is 12.4 Å². The van der Waals surface area contributed by atoms with Crippen LogP contribution in [0.25, 0.3) is 0 Å². The molecule has 0 saturated carbocycles. The van der Waals surface area contributed by atoms with E-state index in [-0.39, 0.29) is 12.4 Å². The molecule has 5 nitrogen and oxygen atoms in total. The van der Waals surface area contributed by atoms with Crippen LogP contribution in [-0.4, -0.2) is 28.4 Å². The van der Waals surface area contributed by atoms with Gasteiger partial charge < -0.3 is 24.7 Å². The zero-order valence-corrected chi connectivity index (χ0v) is 16.3. The molecule has 0 aliphatic heterocycles. The Morgan fingerprint density at radius 3 is 1.92 bits per heavy atom. The summed E-state index contributed by atoms with van der Waals surface area (Å²) in [6, 6.07) is 11.6. The fourth-order valence-corrected chi connectivity index (χ4v) is 2.21. The molecule has 0 unspecified atom stereocenters. The summed E-state index contributed by atoms with van der Waals surface area (Å²) in [5, 5.41) is 0. The first-order valence-electron chi connectivity index (χ1n) is 7.75. The molecule has 0 radical (unpaired) electrons. The Morgan fingerprint density at radius 1 is 0.800 bits per heavy atom. The molecule has 2 rings (SSSR count). The number of nitrogens with two attached hydrogens (primary N) is 1. The van der Waals surface area contributed by atoms with Crippen molar-refractivity contribution in [3.8, 4) is 23.0 Å². The molecule has 2 aromatic carbocycles. The maximum absolute atomic E-state index is 5.51. The molecule has 2 aromatic rings. The van der Waals surface area contributed by atoms with Crippen molar-refractivity contribution in [3.05, 3.63) is 47.5 Å². The lowest BCUT2D eigenvalue weighted by atomic mass is 10.1. The number of methoxy groups -OCH3 is 4. The van der Waals surface area contributed by atoms with Crippen LogP contribution in [0.3, 0.4) is 0 Å². The van der Waals surface area contributed by atoms with Crippen molar-refractivity contribution in [2.45, 2.75) is 19.9 Å². The number of rotatable bonds is 6. The van der Waals surface area contributed by atoms with Crippen LogP contribution in [0.4, 0.5) is 0 Å². The fourth-order valence-electron chi connectivity index (χ4n) is 2.21. The molecule has 0 aliphatic rings. The number of aryl methyl sites for hydroxylation is 1. The van der Waals surface area contributed by atoms with Gasteiger partial charge in [-0.25, -0.2) is 0 Å². The van der Waals surface area contributed by atoms with E-state index >= 15 is 0 Å². The van der Waals surface area contributed by atoms with Gasteiger partial charge >= 0.3 is 0 Å². The highest BCUT2D eigenvalue weighted by Gasteiger charge is 2.06. The lowest BCUT2D eigenvalue weighted by Gasteiger charge is -2.10. The molecule has 0 heterocycles. The topological polar surface area (TPSA) is 62.9 Å². The van der Waals surface area contributed by atoms with Gasteiger partial charge in [0.1, 0.15) is 0 Å². The van der Waals surface area contributed by atoms with Crippen molar-refractivity contribution in [1.29, 1.82) is 0 Å². The molecule has 0 atom stereocenters. The Kier molecular flexibility index (Phi) is 11.2. The van der Waals surface area contributed by atoms with E-state index in [9.17, 15) is 0 Å². The van der Waals surface area contributed by atoms with Crippen LogP contribution < -0.4 is 24.7 Å². The van der Waals surface area contributed by atoms with Gasteiger partial charge in [-0.1, -0.05) is 25.1 Å². The highest BCUT2D eigenvalue weighted by Crippen LogP contribution is 2.30. The minimum absolute atomic E-state index is 0. The molecule has 140 valence electrons. The van der Waals surface area contributed by atoms with Gasteiger partial charge in [-0.05, 0) is 30.2 Å². The molecule has 0 saturated heterocycles. The maximum Gasteiger partial charge on any atom is 0.165 e. The minimum atomic E-state index is 0. The van der Waals surface area contributed by atoms with E-state index in [0.29, 0.717) is 6.54 Å². The van der Waals surface area contributed by atoms with Crippen LogP contribution in [0.15, 0.2) is 36.4 Å². The van der Waals surface area contributed by atoms with Crippen LogP contribution in [0.1, 0.15) is 18.1 Å². The molecular weight excluding hydrogens is 342 g/mol. The normalized spacial score (nSPS) is 9.20. The lowest BCUT2D eigenvalue weighted by Crippen LogP contribution is -2.01. The van der Waals surface area contributed by atoms with Crippen molar-refractivity contribution in [2.24, 2.45) is 5.73 Å². The second kappa shape index (κ2) is 12.3. The second-order valence-corrected chi connectivity index (χ2v) is 4.90. The van der Waals surface area contributed by atoms with Crippen molar-refractivity contribution in [1.82, 2.24) is 0 Å². The molecule has 25 heavy (non-hydrogen) atoms. The Morgan fingerprint density at radius 2 is 1.44 bits per heavy atom. The number of para-hydroxylation sites is 1. The molecular formula is C19H28ClNO4. The van der Waals surface area contributed by atoms with E-state index in [1.54, 1.807) is 28.4 Å². The molecule has 0 fully saturated rings. The Bertz CT molecular complexity index is 610. The van der Waals surface area contributed by atoms with Gasteiger partial charge in [0.2, 0.25) is 0 Å². The summed E-state index contributed by atoms with van der Waals surface area (Å²) in [6.07, 6.45) is 1.01. The molecule has 0 spiro atoms. The van der Waals surface area contributed by atoms with E-state index in [0.717, 1.165) is 35.0 Å². The van der Waals surface area contributed by atoms with Gasteiger partial charge in [-0.3, -0.25) is 0 Å². The quantitative estimate of drug-likeness (QED) is 0.837. The van der Waals surface area contributed by atoms with E-state index in [1.807, 2.05) is 36.4 Å². The number of ether oxygens (including phenoxy) is 4. The first kappa shape index (κ1) is 22.9. The third-order valence-corrected chi connectivity index (χ3v) is 3.56. The number of halogens is 1. The first-order valence-corrected chi connectivity index (χ1v) is 7.75. The lowest BCUT2D eigenvalue weighted by molar-refractivity contribution is 0.352. The summed E-state index contributed by atoms with van der Waals surface area (Å²) >= 11 is 0. The monoisotopic (exact) mass is 369 g/mol. The second-order valence-electron chi connectivity index (χ2n) is 4.90. The molecule has 0 amide bonds. The molecule has 6 heteroatoms. The number of hydrogen-bond donors (Lipinski definition) is 1. The van der Waals surface area contributed by atoms with Gasteiger partial charge in [0.05, 0.1) is 28.4 Å². The SMILES string of the molecule is CCc1ccc(OC)c(OC)c1.COc1cccc(CN)c1OC.Cl. The van der Waals surface area contributed by atoms with Crippen LogP contribution >= 0.6 is 12.4 Å². The van der Waals surface area contributed by atoms with Crippen LogP contribution in [0.2, 0.25) is 0 Å². The largest absolute Gasteiger partial charge is 0.493 e. The highest BCUT2D eigenvalue weighted by atomic mass is 35.5. The summed E-state index contributed by atoms with van der Waals surface area (Å²) in [5.41, 5.74) is 7.73. The van der Waals surface area contributed by atoms with Gasteiger partial charge in [0.25, 0.3) is 0 Å². The van der Waals surface area contributed by atoms with Crippen molar-refractivity contribution < 1.29 is 18.9 Å². The van der Waals surface area contributed by atoms with E-state index in [1.165, 1.54) is 5.56 Å². The first-order chi connectivity index (χ1) is 11.6. The van der Waals surface area contributed by atoms with Gasteiger partial charge in [0, 0.05) is 12.1 Å². The maximum atomic E-state index is 5.51. The third kappa shape index (κ3) is 6.36. The number of hydrogen-bond acceptors (Lipinski definition) is 5. The third-order valence-electron chi connectivity index (χ3n) is 3.56. The predicted octanol–water partition coefficient (Wildman–Crippen LogP) is 3.85. The molecule has 2 N–H and O–H groups in total. The Labute approximate surface area is 156 Å². The smallest absolute Gasteiger partial charge is 0.165 e. The minimum Gasteiger partial charge on any atom is -0.493 e. The van der Waals surface area contributed by atoms with Gasteiger partial charge in [0.15, 0.2) is 23.0 Å². The molecule has 0 aromatic heterocycles. The van der Waals surface area contributed by atoms with Crippen LogP contribution in [0.5, 0.6) is 23.0 Å².